The van der Waals surface area contributed by atoms with Gasteiger partial charge in [0.05, 0.1) is 11.3 Å². The number of anilines is 2. The monoisotopic (exact) mass is 367 g/mol. The summed E-state index contributed by atoms with van der Waals surface area (Å²) in [6.07, 6.45) is 2.20. The average molecular weight is 367 g/mol. The van der Waals surface area contributed by atoms with Gasteiger partial charge in [0.15, 0.2) is 23.1 Å². The Kier molecular flexibility index (Phi) is 4.23. The van der Waals surface area contributed by atoms with E-state index >= 15 is 0 Å². The molecule has 0 saturated heterocycles. The lowest BCUT2D eigenvalue weighted by atomic mass is 10.1. The fourth-order valence-electron chi connectivity index (χ4n) is 2.69. The van der Waals surface area contributed by atoms with Crippen molar-refractivity contribution in [2.45, 2.75) is 20.3 Å². The molecule has 0 unspecified atom stereocenters. The van der Waals surface area contributed by atoms with Crippen molar-refractivity contribution >= 4 is 22.4 Å². The number of halogens is 2. The second kappa shape index (κ2) is 6.71. The predicted molar refractivity (Wildman–Crippen MR) is 96.6 cm³/mol. The number of rotatable bonds is 4. The molecule has 0 radical (unpaired) electrons. The second-order valence-corrected chi connectivity index (χ2v) is 5.99. The van der Waals surface area contributed by atoms with Crippen LogP contribution in [0.25, 0.3) is 22.5 Å². The largest absolute Gasteiger partial charge is 0.354 e. The van der Waals surface area contributed by atoms with Crippen molar-refractivity contribution in [3.8, 4) is 11.5 Å². The zero-order valence-electron chi connectivity index (χ0n) is 14.6. The molecule has 3 heterocycles. The van der Waals surface area contributed by atoms with Crippen LogP contribution < -0.4 is 5.32 Å². The second-order valence-electron chi connectivity index (χ2n) is 5.99. The first-order valence-corrected chi connectivity index (χ1v) is 8.36. The lowest BCUT2D eigenvalue weighted by Crippen LogP contribution is -1.99. The minimum absolute atomic E-state index is 0.284. The van der Waals surface area contributed by atoms with Gasteiger partial charge < -0.3 is 9.84 Å². The standard InChI is InChI=1S/C19H15F2N5O/c1-3-16-25-19(27-26-16)13-9-22-18-12(6-4-10(2)23-18)17(13)24-11-5-7-14(20)15(21)8-11/h4-9H,3H2,1-2H3,(H,22,23,24). The minimum Gasteiger partial charge on any atom is -0.354 e. The Morgan fingerprint density at radius 3 is 2.67 bits per heavy atom. The summed E-state index contributed by atoms with van der Waals surface area (Å²) in [5, 5.41) is 7.72. The molecule has 4 aromatic rings. The van der Waals surface area contributed by atoms with Crippen LogP contribution in [0.2, 0.25) is 0 Å². The number of aromatic nitrogens is 4. The van der Waals surface area contributed by atoms with Crippen molar-refractivity contribution in [3.63, 3.8) is 0 Å². The van der Waals surface area contributed by atoms with Gasteiger partial charge in [-0.25, -0.2) is 18.7 Å². The molecule has 0 atom stereocenters. The first-order chi connectivity index (χ1) is 13.0. The van der Waals surface area contributed by atoms with Crippen LogP contribution in [0.3, 0.4) is 0 Å². The number of fused-ring (bicyclic) bond motifs is 1. The smallest absolute Gasteiger partial charge is 0.261 e. The highest BCUT2D eigenvalue weighted by Crippen LogP contribution is 2.34. The molecule has 0 bridgehead atoms. The van der Waals surface area contributed by atoms with Crippen LogP contribution in [0, 0.1) is 18.6 Å². The lowest BCUT2D eigenvalue weighted by Gasteiger charge is -2.13. The molecular weight excluding hydrogens is 352 g/mol. The Morgan fingerprint density at radius 1 is 1.07 bits per heavy atom. The van der Waals surface area contributed by atoms with Crippen molar-refractivity contribution in [3.05, 3.63) is 59.7 Å². The van der Waals surface area contributed by atoms with Gasteiger partial charge in [0, 0.05) is 35.5 Å². The summed E-state index contributed by atoms with van der Waals surface area (Å²) in [5.41, 5.74) is 2.82. The Bertz CT molecular complexity index is 1140. The number of benzene rings is 1. The Morgan fingerprint density at radius 2 is 1.93 bits per heavy atom. The van der Waals surface area contributed by atoms with Gasteiger partial charge in [-0.1, -0.05) is 12.1 Å². The summed E-state index contributed by atoms with van der Waals surface area (Å²) in [5.74, 6) is -1.01. The van der Waals surface area contributed by atoms with Crippen LogP contribution in [0.15, 0.2) is 41.1 Å². The molecule has 0 aliphatic rings. The van der Waals surface area contributed by atoms with Crippen LogP contribution in [0.5, 0.6) is 0 Å². The molecule has 27 heavy (non-hydrogen) atoms. The van der Waals surface area contributed by atoms with E-state index < -0.39 is 11.6 Å². The summed E-state index contributed by atoms with van der Waals surface area (Å²) in [4.78, 5) is 13.1. The van der Waals surface area contributed by atoms with Crippen LogP contribution >= 0.6 is 0 Å². The molecule has 4 rings (SSSR count). The topological polar surface area (TPSA) is 76.7 Å². The maximum Gasteiger partial charge on any atom is 0.261 e. The van der Waals surface area contributed by atoms with E-state index in [2.05, 4.69) is 25.4 Å². The van der Waals surface area contributed by atoms with Gasteiger partial charge in [-0.3, -0.25) is 0 Å². The summed E-state index contributed by atoms with van der Waals surface area (Å²) in [7, 11) is 0. The Hall–Kier alpha value is -3.42. The highest BCUT2D eigenvalue weighted by atomic mass is 19.2. The molecule has 3 aromatic heterocycles. The number of nitrogens with zero attached hydrogens (tertiary/aromatic N) is 4. The average Bonchev–Trinajstić information content (AvgIpc) is 3.13. The number of nitrogens with one attached hydrogen (secondary N) is 1. The molecule has 0 spiro atoms. The number of aryl methyl sites for hydroxylation is 2. The molecule has 0 saturated carbocycles. The molecule has 0 aliphatic carbocycles. The van der Waals surface area contributed by atoms with E-state index in [4.69, 9.17) is 4.52 Å². The number of hydrogen-bond acceptors (Lipinski definition) is 6. The van der Waals surface area contributed by atoms with E-state index in [0.29, 0.717) is 40.2 Å². The molecule has 0 amide bonds. The van der Waals surface area contributed by atoms with Gasteiger partial charge >= 0.3 is 0 Å². The van der Waals surface area contributed by atoms with Crippen LogP contribution in [-0.4, -0.2) is 20.1 Å². The summed E-state index contributed by atoms with van der Waals surface area (Å²) in [6, 6.07) is 7.29. The first kappa shape index (κ1) is 17.0. The number of pyridine rings is 2. The summed E-state index contributed by atoms with van der Waals surface area (Å²) in [6.45, 7) is 3.78. The van der Waals surface area contributed by atoms with Crippen LogP contribution in [-0.2, 0) is 6.42 Å². The highest BCUT2D eigenvalue weighted by molar-refractivity contribution is 5.98. The van der Waals surface area contributed by atoms with E-state index in [-0.39, 0.29) is 5.89 Å². The third-order valence-electron chi connectivity index (χ3n) is 4.07. The Balaban J connectivity index is 1.90. The van der Waals surface area contributed by atoms with E-state index in [1.54, 1.807) is 6.20 Å². The van der Waals surface area contributed by atoms with Gasteiger partial charge in [0.25, 0.3) is 5.89 Å². The van der Waals surface area contributed by atoms with E-state index in [9.17, 15) is 8.78 Å². The van der Waals surface area contributed by atoms with Crippen LogP contribution in [0.4, 0.5) is 20.2 Å². The molecule has 8 heteroatoms. The van der Waals surface area contributed by atoms with Gasteiger partial charge in [-0.05, 0) is 31.2 Å². The van der Waals surface area contributed by atoms with E-state index in [0.717, 1.165) is 17.8 Å². The van der Waals surface area contributed by atoms with Crippen molar-refractivity contribution in [2.24, 2.45) is 0 Å². The Labute approximate surface area is 153 Å². The van der Waals surface area contributed by atoms with Crippen molar-refractivity contribution in [2.75, 3.05) is 5.32 Å². The molecular formula is C19H15F2N5O. The third-order valence-corrected chi connectivity index (χ3v) is 4.07. The molecule has 136 valence electrons. The van der Waals surface area contributed by atoms with Gasteiger partial charge in [0.1, 0.15) is 0 Å². The maximum atomic E-state index is 13.6. The zero-order chi connectivity index (χ0) is 19.0. The fourth-order valence-corrected chi connectivity index (χ4v) is 2.69. The quantitative estimate of drug-likeness (QED) is 0.569. The van der Waals surface area contributed by atoms with Crippen LogP contribution in [0.1, 0.15) is 18.4 Å². The summed E-state index contributed by atoms with van der Waals surface area (Å²) >= 11 is 0. The normalized spacial score (nSPS) is 11.1. The molecule has 0 aliphatic heterocycles. The third kappa shape index (κ3) is 3.21. The van der Waals surface area contributed by atoms with Gasteiger partial charge in [-0.2, -0.15) is 4.98 Å². The van der Waals surface area contributed by atoms with Gasteiger partial charge in [0.2, 0.25) is 0 Å². The van der Waals surface area contributed by atoms with Gasteiger partial charge in [-0.15, -0.1) is 0 Å². The molecule has 1 aromatic carbocycles. The fraction of sp³-hybridized carbons (Fsp3) is 0.158. The molecule has 6 nitrogen and oxygen atoms in total. The van der Waals surface area contributed by atoms with Crippen molar-refractivity contribution in [1.82, 2.24) is 20.1 Å². The number of hydrogen-bond donors (Lipinski definition) is 1. The first-order valence-electron chi connectivity index (χ1n) is 8.36. The van der Waals surface area contributed by atoms with E-state index in [1.165, 1.54) is 6.07 Å². The van der Waals surface area contributed by atoms with Crippen molar-refractivity contribution < 1.29 is 13.3 Å². The predicted octanol–water partition coefficient (Wildman–Crippen LogP) is 4.57. The van der Waals surface area contributed by atoms with Crippen molar-refractivity contribution in [1.29, 1.82) is 0 Å². The molecule has 1 N–H and O–H groups in total. The maximum absolute atomic E-state index is 13.6. The zero-order valence-corrected chi connectivity index (χ0v) is 14.6. The highest BCUT2D eigenvalue weighted by Gasteiger charge is 2.18. The van der Waals surface area contributed by atoms with E-state index in [1.807, 2.05) is 26.0 Å². The lowest BCUT2D eigenvalue weighted by molar-refractivity contribution is 0.423. The molecule has 0 fully saturated rings. The minimum atomic E-state index is -0.944. The SMILES string of the molecule is CCc1noc(-c2cnc3nc(C)ccc3c2Nc2ccc(F)c(F)c2)n1. The summed E-state index contributed by atoms with van der Waals surface area (Å²) < 4.78 is 32.2.